The third-order valence-corrected chi connectivity index (χ3v) is 4.82. The monoisotopic (exact) mass is 281 g/mol. The van der Waals surface area contributed by atoms with Gasteiger partial charge in [-0.3, -0.25) is 9.69 Å². The molecule has 0 aromatic rings. The van der Waals surface area contributed by atoms with Crippen molar-refractivity contribution < 1.29 is 9.53 Å². The Labute approximate surface area is 121 Å². The van der Waals surface area contributed by atoms with Crippen LogP contribution in [0.2, 0.25) is 0 Å². The average Bonchev–Trinajstić information content (AvgIpc) is 3.05. The number of carbonyl (C=O) groups excluding carboxylic acids is 1. The van der Waals surface area contributed by atoms with Gasteiger partial charge in [0, 0.05) is 25.7 Å². The quantitative estimate of drug-likeness (QED) is 0.795. The number of hydrogen-bond acceptors (Lipinski definition) is 4. The first-order valence-corrected chi connectivity index (χ1v) is 8.15. The number of ether oxygens (including phenoxy) is 1. The zero-order valence-corrected chi connectivity index (χ0v) is 12.5. The highest BCUT2D eigenvalue weighted by atomic mass is 16.5. The third kappa shape index (κ3) is 3.00. The van der Waals surface area contributed by atoms with E-state index in [2.05, 4.69) is 17.1 Å². The molecule has 0 radical (unpaired) electrons. The number of likely N-dealkylation sites (tertiary alicyclic amines) is 1. The first kappa shape index (κ1) is 14.3. The van der Waals surface area contributed by atoms with Crippen molar-refractivity contribution in [3.63, 3.8) is 0 Å². The number of amides is 1. The Morgan fingerprint density at radius 2 is 2.25 bits per heavy atom. The van der Waals surface area contributed by atoms with E-state index in [4.69, 9.17) is 4.74 Å². The topological polar surface area (TPSA) is 44.8 Å². The van der Waals surface area contributed by atoms with Gasteiger partial charge in [-0.05, 0) is 38.8 Å². The number of hydrogen-bond donors (Lipinski definition) is 1. The van der Waals surface area contributed by atoms with E-state index in [9.17, 15) is 4.79 Å². The van der Waals surface area contributed by atoms with Crippen LogP contribution in [0.15, 0.2) is 0 Å². The molecule has 1 amide bonds. The summed E-state index contributed by atoms with van der Waals surface area (Å²) in [5.74, 6) is 0.269. The summed E-state index contributed by atoms with van der Waals surface area (Å²) < 4.78 is 5.96. The summed E-state index contributed by atoms with van der Waals surface area (Å²) in [6.07, 6.45) is 4.80. The zero-order valence-electron chi connectivity index (χ0n) is 12.5. The minimum atomic E-state index is 0.0399. The largest absolute Gasteiger partial charge is 0.373 e. The Hall–Kier alpha value is -0.650. The predicted octanol–water partition coefficient (Wildman–Crippen LogP) is 0.450. The summed E-state index contributed by atoms with van der Waals surface area (Å²) in [7, 11) is 0. The Morgan fingerprint density at radius 1 is 1.35 bits per heavy atom. The molecule has 3 aliphatic heterocycles. The lowest BCUT2D eigenvalue weighted by molar-refractivity contribution is -0.133. The van der Waals surface area contributed by atoms with Crippen molar-refractivity contribution in [3.8, 4) is 0 Å². The maximum Gasteiger partial charge on any atom is 0.239 e. The van der Waals surface area contributed by atoms with E-state index in [1.54, 1.807) is 0 Å². The normalized spacial score (nSPS) is 34.8. The van der Waals surface area contributed by atoms with Gasteiger partial charge in [0.1, 0.15) is 0 Å². The number of nitrogens with one attached hydrogen (secondary N) is 1. The maximum atomic E-state index is 12.3. The van der Waals surface area contributed by atoms with Gasteiger partial charge in [-0.25, -0.2) is 0 Å². The Morgan fingerprint density at radius 3 is 3.10 bits per heavy atom. The number of fused-ring (bicyclic) bond motifs is 1. The lowest BCUT2D eigenvalue weighted by Gasteiger charge is -2.36. The summed E-state index contributed by atoms with van der Waals surface area (Å²) >= 11 is 0. The van der Waals surface area contributed by atoms with Crippen LogP contribution in [0.1, 0.15) is 32.6 Å². The fourth-order valence-electron chi connectivity index (χ4n) is 3.67. The molecule has 0 aromatic carbocycles. The van der Waals surface area contributed by atoms with Crippen LogP contribution in [0.3, 0.4) is 0 Å². The van der Waals surface area contributed by atoms with Gasteiger partial charge in [0.15, 0.2) is 0 Å². The molecule has 3 aliphatic rings. The Bertz CT molecular complexity index is 350. The SMILES string of the molecule is CCCNC1CCN(CC2CN3CCCC3CO2)C1=O. The highest BCUT2D eigenvalue weighted by molar-refractivity contribution is 5.84. The van der Waals surface area contributed by atoms with Gasteiger partial charge in [-0.2, -0.15) is 0 Å². The molecule has 3 heterocycles. The van der Waals surface area contributed by atoms with Crippen molar-refractivity contribution in [3.05, 3.63) is 0 Å². The van der Waals surface area contributed by atoms with Gasteiger partial charge >= 0.3 is 0 Å². The second kappa shape index (κ2) is 6.41. The Kier molecular flexibility index (Phi) is 4.58. The van der Waals surface area contributed by atoms with Crippen LogP contribution in [0.4, 0.5) is 0 Å². The third-order valence-electron chi connectivity index (χ3n) is 4.82. The van der Waals surface area contributed by atoms with E-state index in [-0.39, 0.29) is 18.1 Å². The molecular formula is C15H27N3O2. The van der Waals surface area contributed by atoms with Gasteiger partial charge in [0.05, 0.1) is 18.8 Å². The zero-order chi connectivity index (χ0) is 13.9. The lowest BCUT2D eigenvalue weighted by Crippen LogP contribution is -2.51. The molecule has 0 aliphatic carbocycles. The van der Waals surface area contributed by atoms with Crippen LogP contribution in [0.5, 0.6) is 0 Å². The van der Waals surface area contributed by atoms with Crippen molar-refractivity contribution in [1.82, 2.24) is 15.1 Å². The molecule has 3 atom stereocenters. The molecule has 3 fully saturated rings. The summed E-state index contributed by atoms with van der Waals surface area (Å²) in [4.78, 5) is 16.8. The first-order valence-electron chi connectivity index (χ1n) is 8.15. The molecule has 114 valence electrons. The van der Waals surface area contributed by atoms with E-state index in [0.717, 1.165) is 45.6 Å². The summed E-state index contributed by atoms with van der Waals surface area (Å²) in [5, 5.41) is 3.34. The van der Waals surface area contributed by atoms with Crippen LogP contribution in [-0.2, 0) is 9.53 Å². The van der Waals surface area contributed by atoms with Crippen LogP contribution in [-0.4, -0.2) is 73.2 Å². The van der Waals surface area contributed by atoms with Crippen molar-refractivity contribution >= 4 is 5.91 Å². The van der Waals surface area contributed by atoms with Crippen molar-refractivity contribution in [2.75, 3.05) is 39.3 Å². The summed E-state index contributed by atoms with van der Waals surface area (Å²) in [5.41, 5.74) is 0. The van der Waals surface area contributed by atoms with Crippen LogP contribution in [0.25, 0.3) is 0 Å². The standard InChI is InChI=1S/C15H27N3O2/c1-2-6-16-14-5-8-18(15(14)19)10-13-9-17-7-3-4-12(17)11-20-13/h12-14,16H,2-11H2,1H3. The fourth-order valence-corrected chi connectivity index (χ4v) is 3.67. The van der Waals surface area contributed by atoms with Gasteiger partial charge in [0.2, 0.25) is 5.91 Å². The molecule has 3 unspecified atom stereocenters. The van der Waals surface area contributed by atoms with Gasteiger partial charge in [-0.15, -0.1) is 0 Å². The van der Waals surface area contributed by atoms with E-state index in [0.29, 0.717) is 6.04 Å². The minimum Gasteiger partial charge on any atom is -0.373 e. The molecule has 3 rings (SSSR count). The van der Waals surface area contributed by atoms with Crippen molar-refractivity contribution in [2.24, 2.45) is 0 Å². The second-order valence-electron chi connectivity index (χ2n) is 6.33. The van der Waals surface area contributed by atoms with Crippen molar-refractivity contribution in [1.29, 1.82) is 0 Å². The lowest BCUT2D eigenvalue weighted by atomic mass is 10.2. The molecule has 3 saturated heterocycles. The summed E-state index contributed by atoms with van der Waals surface area (Å²) in [6, 6.07) is 0.678. The predicted molar refractivity (Wildman–Crippen MR) is 77.6 cm³/mol. The van der Waals surface area contributed by atoms with Crippen LogP contribution in [0, 0.1) is 0 Å². The van der Waals surface area contributed by atoms with E-state index in [1.165, 1.54) is 19.4 Å². The number of morpholine rings is 1. The molecular weight excluding hydrogens is 254 g/mol. The molecule has 0 spiro atoms. The van der Waals surface area contributed by atoms with Crippen LogP contribution >= 0.6 is 0 Å². The maximum absolute atomic E-state index is 12.3. The minimum absolute atomic E-state index is 0.0399. The van der Waals surface area contributed by atoms with E-state index in [1.807, 2.05) is 4.90 Å². The molecule has 0 bridgehead atoms. The molecule has 0 aromatic heterocycles. The van der Waals surface area contributed by atoms with Crippen molar-refractivity contribution in [2.45, 2.75) is 50.8 Å². The van der Waals surface area contributed by atoms with Gasteiger partial charge in [0.25, 0.3) is 0 Å². The second-order valence-corrected chi connectivity index (χ2v) is 6.33. The smallest absolute Gasteiger partial charge is 0.239 e. The molecule has 5 heteroatoms. The van der Waals surface area contributed by atoms with Gasteiger partial charge in [-0.1, -0.05) is 6.92 Å². The highest BCUT2D eigenvalue weighted by Gasteiger charge is 2.36. The fraction of sp³-hybridized carbons (Fsp3) is 0.933. The molecule has 0 saturated carbocycles. The Balaban J connectivity index is 1.47. The summed E-state index contributed by atoms with van der Waals surface area (Å²) in [6.45, 7) is 7.77. The molecule has 1 N–H and O–H groups in total. The van der Waals surface area contributed by atoms with Crippen LogP contribution < -0.4 is 5.32 Å². The van der Waals surface area contributed by atoms with Gasteiger partial charge < -0.3 is 15.0 Å². The number of carbonyl (C=O) groups is 1. The highest BCUT2D eigenvalue weighted by Crippen LogP contribution is 2.23. The average molecular weight is 281 g/mol. The van der Waals surface area contributed by atoms with E-state index >= 15 is 0 Å². The molecule has 20 heavy (non-hydrogen) atoms. The molecule has 5 nitrogen and oxygen atoms in total. The number of nitrogens with zero attached hydrogens (tertiary/aromatic N) is 2. The first-order chi connectivity index (χ1) is 9.78. The van der Waals surface area contributed by atoms with E-state index < -0.39 is 0 Å². The number of rotatable bonds is 5.